The summed E-state index contributed by atoms with van der Waals surface area (Å²) in [6.45, 7) is 1.53. The van der Waals surface area contributed by atoms with Crippen LogP contribution in [0, 0.1) is 0 Å². The largest absolute Gasteiger partial charge is 0.465 e. The lowest BCUT2D eigenvalue weighted by Crippen LogP contribution is -2.48. The molecule has 22 heavy (non-hydrogen) atoms. The molecule has 1 rings (SSSR count). The van der Waals surface area contributed by atoms with Gasteiger partial charge < -0.3 is 34.9 Å². The van der Waals surface area contributed by atoms with Gasteiger partial charge in [0, 0.05) is 52.4 Å². The Morgan fingerprint density at radius 1 is 0.591 bits per heavy atom. The zero-order chi connectivity index (χ0) is 16.7. The molecule has 1 aliphatic heterocycles. The SMILES string of the molecule is CN1CCN(C(=O)O)CCN(C(=O)O)CCN(C(=O)O)CC1. The average molecular weight is 318 g/mol. The van der Waals surface area contributed by atoms with Crippen molar-refractivity contribution in [2.75, 3.05) is 59.4 Å². The van der Waals surface area contributed by atoms with Gasteiger partial charge in [0.2, 0.25) is 0 Å². The van der Waals surface area contributed by atoms with Crippen molar-refractivity contribution in [3.8, 4) is 0 Å². The average Bonchev–Trinajstić information content (AvgIpc) is 2.41. The van der Waals surface area contributed by atoms with E-state index in [0.717, 1.165) is 4.90 Å². The van der Waals surface area contributed by atoms with E-state index in [0.29, 0.717) is 13.1 Å². The third kappa shape index (κ3) is 5.64. The predicted octanol–water partition coefficient (Wildman–Crippen LogP) is -0.128. The van der Waals surface area contributed by atoms with Crippen LogP contribution in [0.5, 0.6) is 0 Å². The molecule has 10 heteroatoms. The fraction of sp³-hybridized carbons (Fsp3) is 0.750. The van der Waals surface area contributed by atoms with Crippen LogP contribution in [0.15, 0.2) is 0 Å². The van der Waals surface area contributed by atoms with Gasteiger partial charge >= 0.3 is 18.3 Å². The lowest BCUT2D eigenvalue weighted by atomic mass is 10.3. The molecule has 0 saturated carbocycles. The summed E-state index contributed by atoms with van der Waals surface area (Å²) in [5.41, 5.74) is 0. The summed E-state index contributed by atoms with van der Waals surface area (Å²) in [7, 11) is 1.79. The summed E-state index contributed by atoms with van der Waals surface area (Å²) in [6.07, 6.45) is -3.38. The number of hydrogen-bond donors (Lipinski definition) is 3. The van der Waals surface area contributed by atoms with Crippen molar-refractivity contribution in [3.63, 3.8) is 0 Å². The Morgan fingerprint density at radius 3 is 1.05 bits per heavy atom. The van der Waals surface area contributed by atoms with Crippen molar-refractivity contribution >= 4 is 18.3 Å². The highest BCUT2D eigenvalue weighted by Gasteiger charge is 2.21. The molecular weight excluding hydrogens is 296 g/mol. The van der Waals surface area contributed by atoms with E-state index in [-0.39, 0.29) is 39.3 Å². The number of hydrogen-bond acceptors (Lipinski definition) is 4. The molecule has 0 aromatic carbocycles. The molecule has 0 radical (unpaired) electrons. The van der Waals surface area contributed by atoms with E-state index in [1.54, 1.807) is 7.05 Å². The monoisotopic (exact) mass is 318 g/mol. The van der Waals surface area contributed by atoms with Gasteiger partial charge in [-0.25, -0.2) is 14.4 Å². The van der Waals surface area contributed by atoms with E-state index >= 15 is 0 Å². The minimum absolute atomic E-state index is 0.0127. The molecule has 126 valence electrons. The van der Waals surface area contributed by atoms with E-state index in [4.69, 9.17) is 15.3 Å². The van der Waals surface area contributed by atoms with Crippen LogP contribution >= 0.6 is 0 Å². The van der Waals surface area contributed by atoms with Crippen molar-refractivity contribution in [1.82, 2.24) is 19.6 Å². The molecular formula is C12H22N4O6. The number of carboxylic acid groups (broad SMARTS) is 3. The Bertz CT molecular complexity index is 388. The Kier molecular flexibility index (Phi) is 6.70. The van der Waals surface area contributed by atoms with Gasteiger partial charge in [-0.3, -0.25) is 0 Å². The Hall–Kier alpha value is -2.23. The zero-order valence-electron chi connectivity index (χ0n) is 12.5. The molecule has 3 N–H and O–H groups in total. The summed E-state index contributed by atoms with van der Waals surface area (Å²) in [5.74, 6) is 0. The first kappa shape index (κ1) is 17.8. The molecule has 1 aliphatic rings. The maximum absolute atomic E-state index is 11.2. The van der Waals surface area contributed by atoms with Gasteiger partial charge in [0.05, 0.1) is 0 Å². The molecule has 1 fully saturated rings. The van der Waals surface area contributed by atoms with Crippen LogP contribution < -0.4 is 0 Å². The minimum Gasteiger partial charge on any atom is -0.465 e. The molecule has 0 bridgehead atoms. The summed E-state index contributed by atoms with van der Waals surface area (Å²) in [6, 6.07) is 0. The summed E-state index contributed by atoms with van der Waals surface area (Å²) in [4.78, 5) is 38.7. The standard InChI is InChI=1S/C12H22N4O6/c1-13-2-4-14(10(17)18)6-8-16(12(21)22)9-7-15(5-3-13)11(19)20/h2-9H2,1H3,(H,17,18)(H,19,20)(H,21,22). The van der Waals surface area contributed by atoms with Gasteiger partial charge in [0.1, 0.15) is 0 Å². The first-order chi connectivity index (χ1) is 10.3. The van der Waals surface area contributed by atoms with Crippen LogP contribution in [0.1, 0.15) is 0 Å². The van der Waals surface area contributed by atoms with Crippen molar-refractivity contribution < 1.29 is 29.7 Å². The van der Waals surface area contributed by atoms with Gasteiger partial charge in [-0.05, 0) is 7.05 Å². The zero-order valence-corrected chi connectivity index (χ0v) is 12.5. The van der Waals surface area contributed by atoms with E-state index in [1.165, 1.54) is 9.80 Å². The van der Waals surface area contributed by atoms with Crippen molar-refractivity contribution in [2.45, 2.75) is 0 Å². The van der Waals surface area contributed by atoms with Gasteiger partial charge in [-0.2, -0.15) is 0 Å². The number of rotatable bonds is 0. The second-order valence-electron chi connectivity index (χ2n) is 5.11. The van der Waals surface area contributed by atoms with Crippen LogP contribution in [0.4, 0.5) is 14.4 Å². The lowest BCUT2D eigenvalue weighted by Gasteiger charge is -2.30. The topological polar surface area (TPSA) is 125 Å². The normalized spacial score (nSPS) is 19.2. The van der Waals surface area contributed by atoms with Crippen LogP contribution in [0.25, 0.3) is 0 Å². The maximum atomic E-state index is 11.2. The molecule has 10 nitrogen and oxygen atoms in total. The molecule has 0 atom stereocenters. The van der Waals surface area contributed by atoms with Crippen molar-refractivity contribution in [1.29, 1.82) is 0 Å². The van der Waals surface area contributed by atoms with Crippen LogP contribution in [-0.4, -0.2) is 113 Å². The van der Waals surface area contributed by atoms with Crippen LogP contribution in [0.3, 0.4) is 0 Å². The van der Waals surface area contributed by atoms with Gasteiger partial charge in [-0.1, -0.05) is 0 Å². The second-order valence-corrected chi connectivity index (χ2v) is 5.11. The van der Waals surface area contributed by atoms with Crippen LogP contribution in [-0.2, 0) is 0 Å². The quantitative estimate of drug-likeness (QED) is 0.568. The predicted molar refractivity (Wildman–Crippen MR) is 76.3 cm³/mol. The fourth-order valence-electron chi connectivity index (χ4n) is 2.09. The Morgan fingerprint density at radius 2 is 0.818 bits per heavy atom. The number of likely N-dealkylation sites (N-methyl/N-ethyl adjacent to an activating group) is 1. The second kappa shape index (κ2) is 8.27. The van der Waals surface area contributed by atoms with E-state index in [9.17, 15) is 14.4 Å². The molecule has 0 aromatic heterocycles. The lowest BCUT2D eigenvalue weighted by molar-refractivity contribution is 0.102. The van der Waals surface area contributed by atoms with E-state index < -0.39 is 18.3 Å². The summed E-state index contributed by atoms with van der Waals surface area (Å²) >= 11 is 0. The van der Waals surface area contributed by atoms with Gasteiger partial charge in [0.25, 0.3) is 0 Å². The highest BCUT2D eigenvalue weighted by Crippen LogP contribution is 2.00. The molecule has 0 unspecified atom stereocenters. The Balaban J connectivity index is 2.79. The molecule has 0 aromatic rings. The first-order valence-electron chi connectivity index (χ1n) is 6.93. The fourth-order valence-corrected chi connectivity index (χ4v) is 2.09. The number of nitrogens with zero attached hydrogens (tertiary/aromatic N) is 4. The summed E-state index contributed by atoms with van der Waals surface area (Å²) < 4.78 is 0. The van der Waals surface area contributed by atoms with Gasteiger partial charge in [-0.15, -0.1) is 0 Å². The maximum Gasteiger partial charge on any atom is 0.407 e. The summed E-state index contributed by atoms with van der Waals surface area (Å²) in [5, 5.41) is 27.4. The number of carbonyl (C=O) groups is 3. The molecule has 1 saturated heterocycles. The van der Waals surface area contributed by atoms with Crippen molar-refractivity contribution in [2.24, 2.45) is 0 Å². The first-order valence-corrected chi connectivity index (χ1v) is 6.93. The molecule has 0 aliphatic carbocycles. The molecule has 3 amide bonds. The smallest absolute Gasteiger partial charge is 0.407 e. The highest BCUT2D eigenvalue weighted by molar-refractivity contribution is 5.67. The van der Waals surface area contributed by atoms with Gasteiger partial charge in [0.15, 0.2) is 0 Å². The van der Waals surface area contributed by atoms with Crippen molar-refractivity contribution in [3.05, 3.63) is 0 Å². The van der Waals surface area contributed by atoms with E-state index in [2.05, 4.69) is 0 Å². The third-order valence-electron chi connectivity index (χ3n) is 3.59. The minimum atomic E-state index is -1.19. The van der Waals surface area contributed by atoms with Crippen LogP contribution in [0.2, 0.25) is 0 Å². The number of amides is 3. The molecule has 0 spiro atoms. The van der Waals surface area contributed by atoms with E-state index in [1.807, 2.05) is 4.90 Å². The third-order valence-corrected chi connectivity index (χ3v) is 3.59. The highest BCUT2D eigenvalue weighted by atomic mass is 16.4. The Labute approximate surface area is 128 Å². The molecule has 1 heterocycles.